The Kier molecular flexibility index (Phi) is 6.32. The minimum Gasteiger partial charge on any atom is -0.496 e. The second-order valence-corrected chi connectivity index (χ2v) is 7.59. The van der Waals surface area contributed by atoms with Gasteiger partial charge in [-0.05, 0) is 48.7 Å². The predicted molar refractivity (Wildman–Crippen MR) is 92.3 cm³/mol. The van der Waals surface area contributed by atoms with Gasteiger partial charge < -0.3 is 9.47 Å². The van der Waals surface area contributed by atoms with Gasteiger partial charge in [-0.25, -0.2) is 18.1 Å². The second kappa shape index (κ2) is 8.13. The lowest BCUT2D eigenvalue weighted by atomic mass is 10.1. The normalized spacial score (nSPS) is 12.1. The van der Waals surface area contributed by atoms with Crippen LogP contribution in [0.2, 0.25) is 0 Å². The van der Waals surface area contributed by atoms with Gasteiger partial charge in [0.1, 0.15) is 5.75 Å². The van der Waals surface area contributed by atoms with Crippen molar-refractivity contribution < 1.29 is 31.1 Å². The zero-order chi connectivity index (χ0) is 20.2. The highest BCUT2D eigenvalue weighted by Crippen LogP contribution is 2.26. The summed E-state index contributed by atoms with van der Waals surface area (Å²) in [4.78, 5) is 3.74. The zero-order valence-electron chi connectivity index (χ0n) is 14.9. The molecule has 10 heteroatoms. The van der Waals surface area contributed by atoms with E-state index in [-0.39, 0.29) is 17.3 Å². The molecule has 2 rings (SSSR count). The number of halogens is 3. The highest BCUT2D eigenvalue weighted by Gasteiger charge is 2.28. The number of sulfonamides is 1. The van der Waals surface area contributed by atoms with Gasteiger partial charge in [0.2, 0.25) is 15.9 Å². The molecule has 148 valence electrons. The number of hydrogen-bond donors (Lipinski definition) is 1. The van der Waals surface area contributed by atoms with Gasteiger partial charge in [-0.2, -0.15) is 13.2 Å². The van der Waals surface area contributed by atoms with Crippen LogP contribution in [0.3, 0.4) is 0 Å². The van der Waals surface area contributed by atoms with Crippen molar-refractivity contribution in [2.75, 3.05) is 13.7 Å². The average molecular weight is 404 g/mol. The number of benzene rings is 1. The van der Waals surface area contributed by atoms with E-state index in [0.29, 0.717) is 22.4 Å². The molecule has 6 nitrogen and oxygen atoms in total. The third-order valence-corrected chi connectivity index (χ3v) is 4.98. The largest absolute Gasteiger partial charge is 0.496 e. The third-order valence-electron chi connectivity index (χ3n) is 3.60. The number of rotatable bonds is 7. The topological polar surface area (TPSA) is 77.5 Å². The maximum atomic E-state index is 12.5. The van der Waals surface area contributed by atoms with E-state index >= 15 is 0 Å². The van der Waals surface area contributed by atoms with Crippen LogP contribution in [0.25, 0.3) is 0 Å². The van der Waals surface area contributed by atoms with Gasteiger partial charge in [0, 0.05) is 18.8 Å². The quantitative estimate of drug-likeness (QED) is 0.767. The third kappa shape index (κ3) is 5.83. The van der Waals surface area contributed by atoms with Crippen LogP contribution in [0.4, 0.5) is 13.2 Å². The molecule has 0 radical (unpaired) electrons. The molecule has 0 spiro atoms. The number of nitrogens with one attached hydrogen (secondary N) is 1. The highest BCUT2D eigenvalue weighted by atomic mass is 32.2. The lowest BCUT2D eigenvalue weighted by molar-refractivity contribution is -0.154. The molecule has 0 amide bonds. The number of hydrogen-bond acceptors (Lipinski definition) is 5. The molecule has 1 aromatic heterocycles. The molecule has 1 N–H and O–H groups in total. The molecule has 0 saturated carbocycles. The van der Waals surface area contributed by atoms with Crippen molar-refractivity contribution in [2.45, 2.75) is 31.5 Å². The first-order valence-corrected chi connectivity index (χ1v) is 9.29. The molecule has 0 fully saturated rings. The Labute approximate surface area is 155 Å². The van der Waals surface area contributed by atoms with Crippen LogP contribution >= 0.6 is 0 Å². The molecule has 1 heterocycles. The summed E-state index contributed by atoms with van der Waals surface area (Å²) in [6.07, 6.45) is -3.24. The number of nitrogens with zero attached hydrogens (tertiary/aromatic N) is 1. The van der Waals surface area contributed by atoms with Crippen molar-refractivity contribution in [3.05, 3.63) is 47.2 Å². The summed E-state index contributed by atoms with van der Waals surface area (Å²) in [5.74, 6) is 0.370. The monoisotopic (exact) mass is 404 g/mol. The number of alkyl halides is 3. The van der Waals surface area contributed by atoms with Crippen LogP contribution < -0.4 is 14.2 Å². The van der Waals surface area contributed by atoms with E-state index in [1.807, 2.05) is 0 Å². The van der Waals surface area contributed by atoms with Crippen molar-refractivity contribution in [1.29, 1.82) is 0 Å². The van der Waals surface area contributed by atoms with Crippen molar-refractivity contribution in [3.63, 3.8) is 0 Å². The van der Waals surface area contributed by atoms with Gasteiger partial charge in [0.15, 0.2) is 6.61 Å². The number of ether oxygens (including phenoxy) is 2. The van der Waals surface area contributed by atoms with Crippen LogP contribution in [0, 0.1) is 13.8 Å². The highest BCUT2D eigenvalue weighted by molar-refractivity contribution is 7.89. The Morgan fingerprint density at radius 2 is 1.78 bits per heavy atom. The molecule has 0 aliphatic carbocycles. The minimum atomic E-state index is -4.48. The summed E-state index contributed by atoms with van der Waals surface area (Å²) in [6, 6.07) is 5.70. The smallest absolute Gasteiger partial charge is 0.422 e. The number of pyridine rings is 1. The van der Waals surface area contributed by atoms with Crippen LogP contribution in [0.1, 0.15) is 16.7 Å². The zero-order valence-corrected chi connectivity index (χ0v) is 15.7. The Morgan fingerprint density at radius 3 is 2.33 bits per heavy atom. The fourth-order valence-corrected chi connectivity index (χ4v) is 3.63. The fraction of sp³-hybridized carbons (Fsp3) is 0.353. The molecule has 0 aliphatic rings. The van der Waals surface area contributed by atoms with Crippen molar-refractivity contribution in [1.82, 2.24) is 9.71 Å². The molecule has 2 aromatic rings. The van der Waals surface area contributed by atoms with Crippen LogP contribution in [-0.2, 0) is 16.6 Å². The maximum Gasteiger partial charge on any atom is 0.422 e. The van der Waals surface area contributed by atoms with Gasteiger partial charge >= 0.3 is 6.18 Å². The molecule has 0 saturated heterocycles. The lowest BCUT2D eigenvalue weighted by Crippen LogP contribution is -2.24. The van der Waals surface area contributed by atoms with Gasteiger partial charge in [0.25, 0.3) is 0 Å². The van der Waals surface area contributed by atoms with E-state index in [1.54, 1.807) is 13.8 Å². The van der Waals surface area contributed by atoms with E-state index < -0.39 is 22.8 Å². The minimum absolute atomic E-state index is 0.0703. The molecule has 1 aromatic carbocycles. The fourth-order valence-electron chi connectivity index (χ4n) is 2.44. The Balaban J connectivity index is 2.12. The van der Waals surface area contributed by atoms with Crippen LogP contribution in [0.15, 0.2) is 35.4 Å². The predicted octanol–water partition coefficient (Wildman–Crippen LogP) is 3.13. The summed E-state index contributed by atoms with van der Waals surface area (Å²) in [7, 11) is -2.32. The average Bonchev–Trinajstić information content (AvgIpc) is 2.58. The molecular weight excluding hydrogens is 385 g/mol. The molecule has 0 unspecified atom stereocenters. The van der Waals surface area contributed by atoms with Crippen molar-refractivity contribution in [3.8, 4) is 11.6 Å². The van der Waals surface area contributed by atoms with Crippen LogP contribution in [-0.4, -0.2) is 33.3 Å². The van der Waals surface area contributed by atoms with E-state index in [2.05, 4.69) is 14.4 Å². The number of methoxy groups -OCH3 is 1. The lowest BCUT2D eigenvalue weighted by Gasteiger charge is -2.13. The number of aryl methyl sites for hydroxylation is 2. The summed E-state index contributed by atoms with van der Waals surface area (Å²) in [5, 5.41) is 0. The Morgan fingerprint density at radius 1 is 1.15 bits per heavy atom. The van der Waals surface area contributed by atoms with Crippen molar-refractivity contribution >= 4 is 10.0 Å². The SMILES string of the molecule is COc1c(C)cc(S(=O)(=O)NCc2ccnc(OCC(F)(F)F)c2)cc1C. The first-order valence-electron chi connectivity index (χ1n) is 7.81. The van der Waals surface area contributed by atoms with Gasteiger partial charge in [-0.15, -0.1) is 0 Å². The van der Waals surface area contributed by atoms with E-state index in [1.165, 1.54) is 37.6 Å². The summed E-state index contributed by atoms with van der Waals surface area (Å²) >= 11 is 0. The number of aromatic nitrogens is 1. The summed E-state index contributed by atoms with van der Waals surface area (Å²) in [6.45, 7) is 1.87. The summed E-state index contributed by atoms with van der Waals surface area (Å²) in [5.41, 5.74) is 1.75. The molecule has 27 heavy (non-hydrogen) atoms. The van der Waals surface area contributed by atoms with Crippen molar-refractivity contribution in [2.24, 2.45) is 0 Å². The maximum absolute atomic E-state index is 12.5. The molecule has 0 aliphatic heterocycles. The van der Waals surface area contributed by atoms with Gasteiger partial charge in [-0.3, -0.25) is 0 Å². The molecule has 0 atom stereocenters. The standard InChI is InChI=1S/C17H19F3N2O4S/c1-11-6-14(7-12(2)16(11)25-3)27(23,24)22-9-13-4-5-21-15(8-13)26-10-17(18,19)20/h4-8,22H,9-10H2,1-3H3. The van der Waals surface area contributed by atoms with E-state index in [4.69, 9.17) is 4.74 Å². The first-order chi connectivity index (χ1) is 12.5. The van der Waals surface area contributed by atoms with E-state index in [0.717, 1.165) is 0 Å². The van der Waals surface area contributed by atoms with Gasteiger partial charge in [0.05, 0.1) is 12.0 Å². The Hall–Kier alpha value is -2.33. The first kappa shape index (κ1) is 21.0. The summed E-state index contributed by atoms with van der Waals surface area (Å²) < 4.78 is 73.8. The second-order valence-electron chi connectivity index (χ2n) is 5.82. The molecular formula is C17H19F3N2O4S. The Bertz CT molecular complexity index is 892. The molecule has 0 bridgehead atoms. The van der Waals surface area contributed by atoms with Crippen LogP contribution in [0.5, 0.6) is 11.6 Å². The van der Waals surface area contributed by atoms with E-state index in [9.17, 15) is 21.6 Å². The van der Waals surface area contributed by atoms with Gasteiger partial charge in [-0.1, -0.05) is 0 Å².